The zero-order valence-electron chi connectivity index (χ0n) is 34.0. The van der Waals surface area contributed by atoms with Crippen molar-refractivity contribution in [3.8, 4) is 56.4 Å². The van der Waals surface area contributed by atoms with Crippen molar-refractivity contribution in [2.45, 2.75) is 0 Å². The summed E-state index contributed by atoms with van der Waals surface area (Å²) in [7, 11) is 0. The Labute approximate surface area is 362 Å². The van der Waals surface area contributed by atoms with Crippen LogP contribution in [0.1, 0.15) is 0 Å². The van der Waals surface area contributed by atoms with Gasteiger partial charge in [-0.25, -0.2) is 15.0 Å². The standard InChI is InChI=1S/C59H35N3O/c1-2-15-39(16-3-1)57-60-58(42-28-27-38-26-25-37-14-7-9-21-44(37)51(38)34-42)62-59(61-57)50-30-29-48(46-22-10-11-23-47(46)50)55-49(45-24-12-19-36-13-6-8-20-43(36)45)31-32-53-56(55)52-33-40-17-4-5-18-41(40)35-54(52)63-53/h1-35H. The summed E-state index contributed by atoms with van der Waals surface area (Å²) >= 11 is 0. The predicted octanol–water partition coefficient (Wildman–Crippen LogP) is 15.9. The Kier molecular flexibility index (Phi) is 7.87. The van der Waals surface area contributed by atoms with Gasteiger partial charge in [0.15, 0.2) is 17.5 Å². The summed E-state index contributed by atoms with van der Waals surface area (Å²) in [6, 6.07) is 75.3. The topological polar surface area (TPSA) is 51.8 Å². The van der Waals surface area contributed by atoms with Gasteiger partial charge in [-0.15, -0.1) is 0 Å². The first-order valence-electron chi connectivity index (χ1n) is 21.3. The number of aromatic nitrogens is 3. The summed E-state index contributed by atoms with van der Waals surface area (Å²) in [5.74, 6) is 1.87. The molecule has 0 saturated carbocycles. The number of nitrogens with zero attached hydrogens (tertiary/aromatic N) is 3. The van der Waals surface area contributed by atoms with Crippen LogP contribution in [0.25, 0.3) is 132 Å². The number of fused-ring (bicyclic) bond motifs is 9. The van der Waals surface area contributed by atoms with E-state index in [9.17, 15) is 0 Å². The minimum Gasteiger partial charge on any atom is -0.456 e. The summed E-state index contributed by atoms with van der Waals surface area (Å²) in [6.45, 7) is 0. The number of hydrogen-bond donors (Lipinski definition) is 0. The van der Waals surface area contributed by atoms with E-state index in [1.165, 1.54) is 43.3 Å². The molecule has 4 nitrogen and oxygen atoms in total. The van der Waals surface area contributed by atoms with Crippen LogP contribution in [0.2, 0.25) is 0 Å². The summed E-state index contributed by atoms with van der Waals surface area (Å²) in [6.07, 6.45) is 0. The molecule has 0 spiro atoms. The molecule has 4 heteroatoms. The first-order valence-corrected chi connectivity index (χ1v) is 21.3. The van der Waals surface area contributed by atoms with Crippen molar-refractivity contribution in [2.24, 2.45) is 0 Å². The van der Waals surface area contributed by atoms with Gasteiger partial charge in [0.1, 0.15) is 11.2 Å². The largest absolute Gasteiger partial charge is 0.456 e. The van der Waals surface area contributed by atoms with Crippen molar-refractivity contribution >= 4 is 75.8 Å². The average molecular weight is 802 g/mol. The minimum atomic E-state index is 0.618. The molecule has 0 saturated heterocycles. The van der Waals surface area contributed by atoms with E-state index in [2.05, 4.69) is 194 Å². The fraction of sp³-hybridized carbons (Fsp3) is 0. The highest BCUT2D eigenvalue weighted by Crippen LogP contribution is 2.48. The summed E-state index contributed by atoms with van der Waals surface area (Å²) in [5.41, 5.74) is 9.08. The first-order chi connectivity index (χ1) is 31.2. The van der Waals surface area contributed by atoms with Gasteiger partial charge in [-0.3, -0.25) is 0 Å². The summed E-state index contributed by atoms with van der Waals surface area (Å²) in [4.78, 5) is 15.7. The molecule has 0 radical (unpaired) electrons. The van der Waals surface area contributed by atoms with Crippen molar-refractivity contribution in [2.75, 3.05) is 0 Å². The smallest absolute Gasteiger partial charge is 0.164 e. The van der Waals surface area contributed by atoms with E-state index in [1.807, 2.05) is 18.2 Å². The Hall–Kier alpha value is -8.47. The van der Waals surface area contributed by atoms with Crippen molar-refractivity contribution in [1.82, 2.24) is 15.0 Å². The first kappa shape index (κ1) is 35.3. The molecule has 0 amide bonds. The number of furan rings is 1. The highest BCUT2D eigenvalue weighted by Gasteiger charge is 2.23. The monoisotopic (exact) mass is 801 g/mol. The third kappa shape index (κ3) is 5.73. The zero-order chi connectivity index (χ0) is 41.4. The Bertz CT molecular complexity index is 3980. The highest BCUT2D eigenvalue weighted by atomic mass is 16.3. The second kappa shape index (κ2) is 14.1. The maximum absolute atomic E-state index is 6.74. The fourth-order valence-corrected chi connectivity index (χ4v) is 9.71. The molecule has 2 aromatic heterocycles. The lowest BCUT2D eigenvalue weighted by molar-refractivity contribution is 0.669. The van der Waals surface area contributed by atoms with Crippen LogP contribution in [0.15, 0.2) is 217 Å². The molecule has 0 aliphatic heterocycles. The maximum atomic E-state index is 6.74. The predicted molar refractivity (Wildman–Crippen MR) is 262 cm³/mol. The molecule has 11 aromatic carbocycles. The quantitative estimate of drug-likeness (QED) is 0.163. The number of benzene rings is 11. The van der Waals surface area contributed by atoms with E-state index < -0.39 is 0 Å². The Morgan fingerprint density at radius 2 is 0.825 bits per heavy atom. The van der Waals surface area contributed by atoms with E-state index in [-0.39, 0.29) is 0 Å². The van der Waals surface area contributed by atoms with Gasteiger partial charge in [0, 0.05) is 33.0 Å². The molecule has 292 valence electrons. The molecule has 13 aromatic rings. The molecular weight excluding hydrogens is 767 g/mol. The van der Waals surface area contributed by atoms with E-state index in [0.717, 1.165) is 71.5 Å². The third-order valence-corrected chi connectivity index (χ3v) is 12.7. The molecule has 0 fully saturated rings. The van der Waals surface area contributed by atoms with Crippen LogP contribution in [0, 0.1) is 0 Å². The van der Waals surface area contributed by atoms with Gasteiger partial charge in [0.25, 0.3) is 0 Å². The molecular formula is C59H35N3O. The molecule has 63 heavy (non-hydrogen) atoms. The van der Waals surface area contributed by atoms with Crippen LogP contribution < -0.4 is 0 Å². The fourth-order valence-electron chi connectivity index (χ4n) is 9.71. The van der Waals surface area contributed by atoms with Crippen molar-refractivity contribution in [3.05, 3.63) is 212 Å². The Morgan fingerprint density at radius 3 is 1.62 bits per heavy atom. The van der Waals surface area contributed by atoms with Gasteiger partial charge >= 0.3 is 0 Å². The van der Waals surface area contributed by atoms with Gasteiger partial charge in [0.2, 0.25) is 0 Å². The maximum Gasteiger partial charge on any atom is 0.164 e. The number of rotatable bonds is 5. The van der Waals surface area contributed by atoms with Crippen molar-refractivity contribution < 1.29 is 4.42 Å². The molecule has 0 unspecified atom stereocenters. The van der Waals surface area contributed by atoms with Gasteiger partial charge in [-0.05, 0) is 107 Å². The zero-order valence-corrected chi connectivity index (χ0v) is 34.0. The van der Waals surface area contributed by atoms with Crippen molar-refractivity contribution in [3.63, 3.8) is 0 Å². The van der Waals surface area contributed by atoms with E-state index in [1.54, 1.807) is 0 Å². The SMILES string of the molecule is c1ccc(-c2nc(-c3ccc4ccc5ccccc5c4c3)nc(-c3ccc(-c4c(-c5cccc6ccccc56)ccc5oc6cc7ccccc7cc6c45)c4ccccc34)n2)cc1. The van der Waals surface area contributed by atoms with Crippen molar-refractivity contribution in [1.29, 1.82) is 0 Å². The van der Waals surface area contributed by atoms with Crippen LogP contribution in [0.4, 0.5) is 0 Å². The van der Waals surface area contributed by atoms with Crippen LogP contribution in [0.5, 0.6) is 0 Å². The lowest BCUT2D eigenvalue weighted by Crippen LogP contribution is -2.01. The van der Waals surface area contributed by atoms with Gasteiger partial charge in [-0.2, -0.15) is 0 Å². The van der Waals surface area contributed by atoms with Crippen LogP contribution in [-0.4, -0.2) is 15.0 Å². The van der Waals surface area contributed by atoms with E-state index in [4.69, 9.17) is 19.4 Å². The molecule has 0 aliphatic rings. The lowest BCUT2D eigenvalue weighted by Gasteiger charge is -2.18. The van der Waals surface area contributed by atoms with Crippen LogP contribution >= 0.6 is 0 Å². The van der Waals surface area contributed by atoms with Gasteiger partial charge in [0.05, 0.1) is 0 Å². The minimum absolute atomic E-state index is 0.618. The van der Waals surface area contributed by atoms with E-state index >= 15 is 0 Å². The average Bonchev–Trinajstić information content (AvgIpc) is 3.72. The van der Waals surface area contributed by atoms with Gasteiger partial charge in [-0.1, -0.05) is 176 Å². The van der Waals surface area contributed by atoms with Crippen LogP contribution in [0.3, 0.4) is 0 Å². The molecule has 2 heterocycles. The Balaban J connectivity index is 1.08. The number of hydrogen-bond acceptors (Lipinski definition) is 4. The third-order valence-electron chi connectivity index (χ3n) is 12.7. The summed E-state index contributed by atoms with van der Waals surface area (Å²) < 4.78 is 6.74. The molecule has 0 atom stereocenters. The normalized spacial score (nSPS) is 11.8. The molecule has 0 N–H and O–H groups in total. The highest BCUT2D eigenvalue weighted by molar-refractivity contribution is 6.22. The molecule has 0 bridgehead atoms. The van der Waals surface area contributed by atoms with E-state index in [0.29, 0.717) is 17.5 Å². The van der Waals surface area contributed by atoms with Crippen LogP contribution in [-0.2, 0) is 0 Å². The summed E-state index contributed by atoms with van der Waals surface area (Å²) in [5, 5.41) is 13.8. The second-order valence-electron chi connectivity index (χ2n) is 16.3. The lowest BCUT2D eigenvalue weighted by atomic mass is 9.85. The molecule has 0 aliphatic carbocycles. The van der Waals surface area contributed by atoms with Gasteiger partial charge < -0.3 is 4.42 Å². The Morgan fingerprint density at radius 1 is 0.270 bits per heavy atom. The second-order valence-corrected chi connectivity index (χ2v) is 16.3. The molecule has 13 rings (SSSR count).